The summed E-state index contributed by atoms with van der Waals surface area (Å²) >= 11 is 1.17. The summed E-state index contributed by atoms with van der Waals surface area (Å²) in [6.07, 6.45) is 1.67. The number of carbonyl (C=O) groups excluding carboxylic acids is 2. The lowest BCUT2D eigenvalue weighted by Gasteiger charge is -2.10. The maximum atomic E-state index is 12.3. The number of thioether (sulfide) groups is 1. The Balaban J connectivity index is 2.19. The Bertz CT molecular complexity index is 730. The molecule has 0 aromatic heterocycles. The number of esters is 1. The molecule has 0 bridgehead atoms. The van der Waals surface area contributed by atoms with E-state index in [1.807, 2.05) is 0 Å². The van der Waals surface area contributed by atoms with E-state index in [0.717, 1.165) is 5.56 Å². The zero-order valence-corrected chi connectivity index (χ0v) is 15.4. The van der Waals surface area contributed by atoms with Gasteiger partial charge in [0, 0.05) is 7.05 Å². The molecule has 1 amide bonds. The van der Waals surface area contributed by atoms with Gasteiger partial charge in [-0.05, 0) is 30.7 Å². The topological polar surface area (TPSA) is 77.4 Å². The van der Waals surface area contributed by atoms with Crippen molar-refractivity contribution in [2.75, 3.05) is 33.6 Å². The van der Waals surface area contributed by atoms with Crippen molar-refractivity contribution in [3.63, 3.8) is 0 Å². The number of ether oxygens (including phenoxy) is 3. The molecule has 1 aliphatic rings. The molecule has 8 heteroatoms. The second kappa shape index (κ2) is 8.57. The standard InChI is InChI=1S/C17H20N2O5S/c1-5-24-15(20)10-25-17-18-12(16(21)19(17)2)8-11-6-7-13(22-3)14(9-11)23-4/h6-9H,5,10H2,1-4H3/b12-8+. The smallest absolute Gasteiger partial charge is 0.316 e. The lowest BCUT2D eigenvalue weighted by Crippen LogP contribution is -2.26. The average Bonchev–Trinajstić information content (AvgIpc) is 2.88. The van der Waals surface area contributed by atoms with Gasteiger partial charge in [0.25, 0.3) is 5.91 Å². The average molecular weight is 364 g/mol. The first kappa shape index (κ1) is 18.9. The fraction of sp³-hybridized carbons (Fsp3) is 0.353. The molecule has 0 spiro atoms. The van der Waals surface area contributed by atoms with Crippen molar-refractivity contribution in [3.05, 3.63) is 29.5 Å². The Morgan fingerprint density at radius 3 is 2.64 bits per heavy atom. The molecule has 2 rings (SSSR count). The minimum atomic E-state index is -0.339. The van der Waals surface area contributed by atoms with Crippen LogP contribution < -0.4 is 9.47 Å². The summed E-state index contributed by atoms with van der Waals surface area (Å²) in [7, 11) is 4.73. The predicted molar refractivity (Wildman–Crippen MR) is 96.8 cm³/mol. The van der Waals surface area contributed by atoms with Crippen LogP contribution in [-0.2, 0) is 14.3 Å². The van der Waals surface area contributed by atoms with E-state index in [-0.39, 0.29) is 17.6 Å². The Labute approximate surface area is 150 Å². The summed E-state index contributed by atoms with van der Waals surface area (Å²) in [5, 5.41) is 0.463. The molecule has 25 heavy (non-hydrogen) atoms. The summed E-state index contributed by atoms with van der Waals surface area (Å²) in [6.45, 7) is 2.07. The number of nitrogens with zero attached hydrogens (tertiary/aromatic N) is 2. The molecule has 1 aromatic rings. The third kappa shape index (κ3) is 4.54. The van der Waals surface area contributed by atoms with Gasteiger partial charge in [-0.3, -0.25) is 14.5 Å². The van der Waals surface area contributed by atoms with Gasteiger partial charge in [-0.25, -0.2) is 4.99 Å². The first-order valence-electron chi connectivity index (χ1n) is 7.59. The van der Waals surface area contributed by atoms with Gasteiger partial charge < -0.3 is 14.2 Å². The zero-order chi connectivity index (χ0) is 18.4. The fourth-order valence-corrected chi connectivity index (χ4v) is 2.90. The molecule has 7 nitrogen and oxygen atoms in total. The van der Waals surface area contributed by atoms with Gasteiger partial charge in [-0.15, -0.1) is 0 Å². The highest BCUT2D eigenvalue weighted by atomic mass is 32.2. The van der Waals surface area contributed by atoms with Gasteiger partial charge in [-0.1, -0.05) is 17.8 Å². The Morgan fingerprint density at radius 2 is 2.00 bits per heavy atom. The highest BCUT2D eigenvalue weighted by Gasteiger charge is 2.27. The van der Waals surface area contributed by atoms with Gasteiger partial charge in [0.05, 0.1) is 26.6 Å². The number of likely N-dealkylation sites (N-methyl/N-ethyl adjacent to an activating group) is 1. The van der Waals surface area contributed by atoms with Crippen molar-refractivity contribution in [2.45, 2.75) is 6.92 Å². The monoisotopic (exact) mass is 364 g/mol. The van der Waals surface area contributed by atoms with Crippen LogP contribution in [0.3, 0.4) is 0 Å². The van der Waals surface area contributed by atoms with Gasteiger partial charge in [0.1, 0.15) is 5.70 Å². The number of carbonyl (C=O) groups is 2. The molecule has 0 N–H and O–H groups in total. The van der Waals surface area contributed by atoms with Crippen LogP contribution in [0.4, 0.5) is 0 Å². The van der Waals surface area contributed by atoms with E-state index < -0.39 is 0 Å². The Hall–Kier alpha value is -2.48. The molecular weight excluding hydrogens is 344 g/mol. The fourth-order valence-electron chi connectivity index (χ4n) is 2.13. The van der Waals surface area contributed by atoms with Gasteiger partial charge in [-0.2, -0.15) is 0 Å². The van der Waals surface area contributed by atoms with Crippen LogP contribution in [0.15, 0.2) is 28.9 Å². The molecule has 134 valence electrons. The molecule has 0 atom stereocenters. The predicted octanol–water partition coefficient (Wildman–Crippen LogP) is 2.17. The van der Waals surface area contributed by atoms with Gasteiger partial charge in [0.2, 0.25) is 0 Å². The minimum absolute atomic E-state index is 0.105. The number of benzene rings is 1. The van der Waals surface area contributed by atoms with E-state index in [9.17, 15) is 9.59 Å². The number of amides is 1. The molecule has 1 aromatic carbocycles. The molecule has 0 saturated heterocycles. The van der Waals surface area contributed by atoms with E-state index in [2.05, 4.69) is 4.99 Å². The maximum absolute atomic E-state index is 12.3. The van der Waals surface area contributed by atoms with Crippen LogP contribution in [0.5, 0.6) is 11.5 Å². The third-order valence-electron chi connectivity index (χ3n) is 3.36. The first-order valence-corrected chi connectivity index (χ1v) is 8.57. The maximum Gasteiger partial charge on any atom is 0.316 e. The summed E-state index contributed by atoms with van der Waals surface area (Å²) < 4.78 is 15.3. The van der Waals surface area contributed by atoms with Crippen molar-refractivity contribution in [3.8, 4) is 11.5 Å². The summed E-state index contributed by atoms with van der Waals surface area (Å²) in [5.41, 5.74) is 1.05. The molecule has 0 fully saturated rings. The van der Waals surface area contributed by atoms with Gasteiger partial charge in [0.15, 0.2) is 16.7 Å². The number of hydrogen-bond donors (Lipinski definition) is 0. The molecule has 0 saturated carbocycles. The summed E-state index contributed by atoms with van der Waals surface area (Å²) in [5.74, 6) is 0.702. The Morgan fingerprint density at radius 1 is 1.28 bits per heavy atom. The van der Waals surface area contributed by atoms with Crippen molar-refractivity contribution in [2.24, 2.45) is 4.99 Å². The first-order chi connectivity index (χ1) is 12.0. The zero-order valence-electron chi connectivity index (χ0n) is 14.6. The minimum Gasteiger partial charge on any atom is -0.493 e. The SMILES string of the molecule is CCOC(=O)CSC1=N/C(=C/c2ccc(OC)c(OC)c2)C(=O)N1C. The second-order valence-corrected chi connectivity index (χ2v) is 5.94. The normalized spacial score (nSPS) is 15.4. The lowest BCUT2D eigenvalue weighted by molar-refractivity contribution is -0.139. The number of amidine groups is 1. The molecular formula is C17H20N2O5S. The highest BCUT2D eigenvalue weighted by molar-refractivity contribution is 8.14. The number of aliphatic imine (C=N–C) groups is 1. The van der Waals surface area contributed by atoms with Crippen molar-refractivity contribution in [1.29, 1.82) is 0 Å². The quantitative estimate of drug-likeness (QED) is 0.569. The van der Waals surface area contributed by atoms with Crippen LogP contribution in [0.25, 0.3) is 6.08 Å². The molecule has 0 unspecified atom stereocenters. The van der Waals surface area contributed by atoms with Crippen molar-refractivity contribution < 1.29 is 23.8 Å². The molecule has 0 aliphatic carbocycles. The van der Waals surface area contributed by atoms with E-state index in [1.54, 1.807) is 52.5 Å². The van der Waals surface area contributed by atoms with Crippen LogP contribution in [0, 0.1) is 0 Å². The van der Waals surface area contributed by atoms with Crippen molar-refractivity contribution >= 4 is 34.9 Å². The molecule has 1 heterocycles. The van der Waals surface area contributed by atoms with Crippen LogP contribution >= 0.6 is 11.8 Å². The second-order valence-electron chi connectivity index (χ2n) is 5.00. The summed E-state index contributed by atoms with van der Waals surface area (Å²) in [4.78, 5) is 29.5. The number of methoxy groups -OCH3 is 2. The summed E-state index contributed by atoms with van der Waals surface area (Å²) in [6, 6.07) is 5.33. The van der Waals surface area contributed by atoms with Gasteiger partial charge >= 0.3 is 5.97 Å². The van der Waals surface area contributed by atoms with Crippen LogP contribution in [0.2, 0.25) is 0 Å². The number of hydrogen-bond acceptors (Lipinski definition) is 7. The Kier molecular flexibility index (Phi) is 6.46. The molecule has 1 aliphatic heterocycles. The van der Waals surface area contributed by atoms with E-state index in [1.165, 1.54) is 16.7 Å². The third-order valence-corrected chi connectivity index (χ3v) is 4.37. The highest BCUT2D eigenvalue weighted by Crippen LogP contribution is 2.29. The lowest BCUT2D eigenvalue weighted by atomic mass is 10.1. The van der Waals surface area contributed by atoms with E-state index in [4.69, 9.17) is 14.2 Å². The molecule has 0 radical (unpaired) electrons. The van der Waals surface area contributed by atoms with E-state index >= 15 is 0 Å². The van der Waals surface area contributed by atoms with Crippen LogP contribution in [0.1, 0.15) is 12.5 Å². The van der Waals surface area contributed by atoms with E-state index in [0.29, 0.717) is 29.0 Å². The number of rotatable bonds is 6. The largest absolute Gasteiger partial charge is 0.493 e. The van der Waals surface area contributed by atoms with Crippen LogP contribution in [-0.4, -0.2) is 55.6 Å². The van der Waals surface area contributed by atoms with Crippen molar-refractivity contribution in [1.82, 2.24) is 4.90 Å².